The molecule has 304 valence electrons. The van der Waals surface area contributed by atoms with Crippen molar-refractivity contribution in [3.8, 4) is 55.6 Å². The molecule has 12 aromatic rings. The third kappa shape index (κ3) is 6.92. The van der Waals surface area contributed by atoms with E-state index in [1.807, 2.05) is 0 Å². The number of benzene rings is 12. The molecule has 0 aliphatic carbocycles. The summed E-state index contributed by atoms with van der Waals surface area (Å²) in [5.41, 5.74) is 15.3. The van der Waals surface area contributed by atoms with Crippen LogP contribution in [0.2, 0.25) is 0 Å². The molecule has 0 bridgehead atoms. The van der Waals surface area contributed by atoms with Crippen LogP contribution in [0.5, 0.6) is 0 Å². The Bertz CT molecular complexity index is 3700. The van der Waals surface area contributed by atoms with Gasteiger partial charge in [0.1, 0.15) is 0 Å². The van der Waals surface area contributed by atoms with Gasteiger partial charge < -0.3 is 4.90 Å². The SMILES string of the molecule is c1ccc(-c2c(-c3ccccc3)c3cc(-c4ccccc4N(c4ccc(-c5ccc6ccccc6c5)cc4)c4cccc(-c5cccc6ccccc56)c4)ccc3c3ccccc23)cc1. The predicted molar refractivity (Wildman–Crippen MR) is 278 cm³/mol. The average molecular weight is 826 g/mol. The number of anilines is 3. The fraction of sp³-hybridized carbons (Fsp3) is 0. The number of rotatable bonds is 8. The highest BCUT2D eigenvalue weighted by atomic mass is 15.1. The minimum absolute atomic E-state index is 1.08. The minimum atomic E-state index is 1.08. The molecule has 12 rings (SSSR count). The standard InChI is InChI=1S/C64H43N/c1-3-19-47(20-4-1)63-60-30-12-11-29-58(60)59-40-37-52(43-61(59)64(63)48-21-5-2-6-22-48)57-28-13-14-32-62(57)65(53-38-35-45(36-39-53)50-34-33-44-17-7-8-23-49(44)41-50)54-26-15-25-51(42-54)56-31-16-24-46-18-9-10-27-55(46)56/h1-43H. The third-order valence-corrected chi connectivity index (χ3v) is 13.0. The summed E-state index contributed by atoms with van der Waals surface area (Å²) in [6.45, 7) is 0. The lowest BCUT2D eigenvalue weighted by Crippen LogP contribution is -2.11. The van der Waals surface area contributed by atoms with E-state index >= 15 is 0 Å². The molecule has 0 radical (unpaired) electrons. The molecule has 0 aliphatic heterocycles. The van der Waals surface area contributed by atoms with Gasteiger partial charge in [0, 0.05) is 16.9 Å². The Labute approximate surface area is 379 Å². The number of nitrogens with zero attached hydrogens (tertiary/aromatic N) is 1. The van der Waals surface area contributed by atoms with Crippen LogP contribution in [0.1, 0.15) is 0 Å². The van der Waals surface area contributed by atoms with Crippen LogP contribution in [-0.4, -0.2) is 0 Å². The lowest BCUT2D eigenvalue weighted by molar-refractivity contribution is 1.28. The summed E-state index contributed by atoms with van der Waals surface area (Å²) in [6, 6.07) is 95.4. The molecule has 0 spiro atoms. The topological polar surface area (TPSA) is 3.24 Å². The molecule has 65 heavy (non-hydrogen) atoms. The van der Waals surface area contributed by atoms with Crippen molar-refractivity contribution in [2.45, 2.75) is 0 Å². The van der Waals surface area contributed by atoms with E-state index < -0.39 is 0 Å². The molecule has 0 saturated carbocycles. The van der Waals surface area contributed by atoms with E-state index in [0.29, 0.717) is 0 Å². The van der Waals surface area contributed by atoms with Crippen LogP contribution in [0.4, 0.5) is 17.1 Å². The molecule has 0 amide bonds. The van der Waals surface area contributed by atoms with Gasteiger partial charge in [-0.25, -0.2) is 0 Å². The molecule has 0 N–H and O–H groups in total. The molecule has 0 unspecified atom stereocenters. The van der Waals surface area contributed by atoms with Crippen LogP contribution in [0, 0.1) is 0 Å². The van der Waals surface area contributed by atoms with Gasteiger partial charge in [-0.2, -0.15) is 0 Å². The van der Waals surface area contributed by atoms with Crippen molar-refractivity contribution in [1.29, 1.82) is 0 Å². The fourth-order valence-corrected chi connectivity index (χ4v) is 9.97. The Morgan fingerprint density at radius 2 is 0.738 bits per heavy atom. The average Bonchev–Trinajstić information content (AvgIpc) is 3.39. The zero-order valence-corrected chi connectivity index (χ0v) is 35.8. The Morgan fingerprint density at radius 3 is 1.52 bits per heavy atom. The molecule has 1 heteroatoms. The van der Waals surface area contributed by atoms with Crippen molar-refractivity contribution >= 4 is 60.2 Å². The number of hydrogen-bond donors (Lipinski definition) is 0. The molecule has 0 heterocycles. The number of fused-ring (bicyclic) bond motifs is 5. The van der Waals surface area contributed by atoms with Gasteiger partial charge in [-0.1, -0.05) is 218 Å². The van der Waals surface area contributed by atoms with Gasteiger partial charge in [-0.15, -0.1) is 0 Å². The van der Waals surface area contributed by atoms with Crippen molar-refractivity contribution in [3.05, 3.63) is 261 Å². The number of para-hydroxylation sites is 1. The molecule has 0 atom stereocenters. The van der Waals surface area contributed by atoms with Crippen LogP contribution < -0.4 is 4.90 Å². The van der Waals surface area contributed by atoms with E-state index in [1.54, 1.807) is 0 Å². The lowest BCUT2D eigenvalue weighted by Gasteiger charge is -2.29. The highest BCUT2D eigenvalue weighted by Gasteiger charge is 2.22. The largest absolute Gasteiger partial charge is 0.310 e. The van der Waals surface area contributed by atoms with Gasteiger partial charge in [0.05, 0.1) is 5.69 Å². The first-order valence-corrected chi connectivity index (χ1v) is 22.4. The molecular weight excluding hydrogens is 783 g/mol. The Hall–Kier alpha value is -8.52. The second kappa shape index (κ2) is 16.3. The van der Waals surface area contributed by atoms with Gasteiger partial charge in [-0.3, -0.25) is 0 Å². The van der Waals surface area contributed by atoms with Crippen LogP contribution in [0.3, 0.4) is 0 Å². The summed E-state index contributed by atoms with van der Waals surface area (Å²) >= 11 is 0. The van der Waals surface area contributed by atoms with Crippen LogP contribution in [0.15, 0.2) is 261 Å². The quantitative estimate of drug-likeness (QED) is 0.138. The van der Waals surface area contributed by atoms with E-state index in [4.69, 9.17) is 0 Å². The molecule has 12 aromatic carbocycles. The number of hydrogen-bond acceptors (Lipinski definition) is 1. The molecule has 0 aliphatic rings. The van der Waals surface area contributed by atoms with E-state index in [2.05, 4.69) is 266 Å². The first kappa shape index (κ1) is 38.2. The first-order valence-electron chi connectivity index (χ1n) is 22.4. The molecule has 0 fully saturated rings. The Morgan fingerprint density at radius 1 is 0.215 bits per heavy atom. The Balaban J connectivity index is 1.07. The smallest absolute Gasteiger partial charge is 0.0540 e. The summed E-state index contributed by atoms with van der Waals surface area (Å²) in [5, 5.41) is 9.93. The van der Waals surface area contributed by atoms with Gasteiger partial charge >= 0.3 is 0 Å². The second-order valence-electron chi connectivity index (χ2n) is 16.8. The van der Waals surface area contributed by atoms with Gasteiger partial charge in [0.2, 0.25) is 0 Å². The predicted octanol–water partition coefficient (Wildman–Crippen LogP) is 18.1. The summed E-state index contributed by atoms with van der Waals surface area (Å²) in [7, 11) is 0. The Kier molecular flexibility index (Phi) is 9.58. The highest BCUT2D eigenvalue weighted by Crippen LogP contribution is 2.48. The maximum absolute atomic E-state index is 2.44. The lowest BCUT2D eigenvalue weighted by atomic mass is 9.84. The maximum atomic E-state index is 2.44. The molecular formula is C64H43N. The summed E-state index contributed by atoms with van der Waals surface area (Å²) in [4.78, 5) is 2.44. The second-order valence-corrected chi connectivity index (χ2v) is 16.8. The van der Waals surface area contributed by atoms with E-state index in [1.165, 1.54) is 87.6 Å². The van der Waals surface area contributed by atoms with E-state index in [9.17, 15) is 0 Å². The monoisotopic (exact) mass is 825 g/mol. The molecule has 0 saturated heterocycles. The van der Waals surface area contributed by atoms with E-state index in [-0.39, 0.29) is 0 Å². The van der Waals surface area contributed by atoms with Crippen molar-refractivity contribution in [2.75, 3.05) is 4.90 Å². The summed E-state index contributed by atoms with van der Waals surface area (Å²) in [5.74, 6) is 0. The van der Waals surface area contributed by atoms with Crippen molar-refractivity contribution < 1.29 is 0 Å². The van der Waals surface area contributed by atoms with Crippen LogP contribution in [0.25, 0.3) is 98.7 Å². The van der Waals surface area contributed by atoms with Gasteiger partial charge in [0.25, 0.3) is 0 Å². The van der Waals surface area contributed by atoms with Crippen LogP contribution >= 0.6 is 0 Å². The van der Waals surface area contributed by atoms with Crippen molar-refractivity contribution in [2.24, 2.45) is 0 Å². The van der Waals surface area contributed by atoms with Gasteiger partial charge in [-0.05, 0) is 136 Å². The summed E-state index contributed by atoms with van der Waals surface area (Å²) < 4.78 is 0. The third-order valence-electron chi connectivity index (χ3n) is 13.0. The highest BCUT2D eigenvalue weighted by molar-refractivity contribution is 6.22. The van der Waals surface area contributed by atoms with Crippen LogP contribution in [-0.2, 0) is 0 Å². The van der Waals surface area contributed by atoms with Crippen molar-refractivity contribution in [3.63, 3.8) is 0 Å². The normalized spacial score (nSPS) is 11.4. The van der Waals surface area contributed by atoms with Crippen molar-refractivity contribution in [1.82, 2.24) is 0 Å². The first-order chi connectivity index (χ1) is 32.2. The fourth-order valence-electron chi connectivity index (χ4n) is 9.97. The minimum Gasteiger partial charge on any atom is -0.310 e. The van der Waals surface area contributed by atoms with Gasteiger partial charge in [0.15, 0.2) is 0 Å². The molecule has 1 nitrogen and oxygen atoms in total. The zero-order valence-electron chi connectivity index (χ0n) is 35.8. The maximum Gasteiger partial charge on any atom is 0.0540 e. The summed E-state index contributed by atoms with van der Waals surface area (Å²) in [6.07, 6.45) is 0. The zero-order chi connectivity index (χ0) is 43.1. The molecule has 0 aromatic heterocycles. The van der Waals surface area contributed by atoms with E-state index in [0.717, 1.165) is 28.2 Å².